The lowest BCUT2D eigenvalue weighted by molar-refractivity contribution is -0.137. The first kappa shape index (κ1) is 17.0. The zero-order valence-corrected chi connectivity index (χ0v) is 13.9. The Balaban J connectivity index is 1.87. The third-order valence-corrected chi connectivity index (χ3v) is 5.31. The molecular weight excluding hydrogens is 311 g/mol. The summed E-state index contributed by atoms with van der Waals surface area (Å²) in [5, 5.41) is 0. The zero-order valence-electron chi connectivity index (χ0n) is 13.9. The van der Waals surface area contributed by atoms with Crippen LogP contribution in [0.4, 0.5) is 18.9 Å². The normalized spacial score (nSPS) is 24.8. The summed E-state index contributed by atoms with van der Waals surface area (Å²) < 4.78 is 39.2. The van der Waals surface area contributed by atoms with Gasteiger partial charge in [-0.05, 0) is 42.7 Å². The Morgan fingerprint density at radius 1 is 0.958 bits per heavy atom. The predicted molar refractivity (Wildman–Crippen MR) is 91.8 cm³/mol. The second kappa shape index (κ2) is 6.60. The number of nitrogens with zero attached hydrogens (tertiary/aromatic N) is 1. The molecule has 0 radical (unpaired) electrons. The molecule has 2 atom stereocenters. The molecule has 128 valence electrons. The molecule has 24 heavy (non-hydrogen) atoms. The molecule has 0 saturated carbocycles. The fourth-order valence-corrected chi connectivity index (χ4v) is 3.81. The van der Waals surface area contributed by atoms with E-state index in [1.54, 1.807) is 12.1 Å². The molecule has 1 fully saturated rings. The molecule has 0 amide bonds. The van der Waals surface area contributed by atoms with Crippen LogP contribution >= 0.6 is 0 Å². The summed E-state index contributed by atoms with van der Waals surface area (Å²) in [7, 11) is 2.16. The van der Waals surface area contributed by atoms with Crippen LogP contribution in [0.3, 0.4) is 0 Å². The van der Waals surface area contributed by atoms with Crippen LogP contribution in [0.2, 0.25) is 0 Å². The van der Waals surface area contributed by atoms with Gasteiger partial charge in [0.25, 0.3) is 0 Å². The molecule has 4 heteroatoms. The van der Waals surface area contributed by atoms with Gasteiger partial charge < -0.3 is 0 Å². The van der Waals surface area contributed by atoms with Crippen LogP contribution < -0.4 is 4.48 Å². The van der Waals surface area contributed by atoms with E-state index in [9.17, 15) is 13.2 Å². The van der Waals surface area contributed by atoms with Crippen LogP contribution in [0.5, 0.6) is 0 Å². The fourth-order valence-electron chi connectivity index (χ4n) is 3.81. The van der Waals surface area contributed by atoms with Crippen molar-refractivity contribution in [3.63, 3.8) is 0 Å². The van der Waals surface area contributed by atoms with Gasteiger partial charge >= 0.3 is 6.18 Å². The highest BCUT2D eigenvalue weighted by atomic mass is 19.4. The number of piperidine rings is 1. The predicted octanol–water partition coefficient (Wildman–Crippen LogP) is 5.44. The highest BCUT2D eigenvalue weighted by Crippen LogP contribution is 2.36. The van der Waals surface area contributed by atoms with E-state index in [4.69, 9.17) is 0 Å². The number of quaternary nitrogens is 1. The Bertz CT molecular complexity index is 664. The topological polar surface area (TPSA) is 0 Å². The van der Waals surface area contributed by atoms with E-state index in [1.807, 2.05) is 18.2 Å². The number of likely N-dealkylation sites (tertiary alicyclic amines) is 1. The maximum atomic E-state index is 12.8. The van der Waals surface area contributed by atoms with Gasteiger partial charge in [0.05, 0.1) is 25.2 Å². The second-order valence-corrected chi connectivity index (χ2v) is 6.88. The largest absolute Gasteiger partial charge is 0.416 e. The van der Waals surface area contributed by atoms with Gasteiger partial charge in [0, 0.05) is 12.8 Å². The smallest absolute Gasteiger partial charge is 0.291 e. The summed E-state index contributed by atoms with van der Waals surface area (Å²) in [6.45, 7) is 0.975. The van der Waals surface area contributed by atoms with E-state index >= 15 is 0 Å². The summed E-state index contributed by atoms with van der Waals surface area (Å²) in [5.74, 6) is 0. The average Bonchev–Trinajstić information content (AvgIpc) is 2.57. The van der Waals surface area contributed by atoms with E-state index in [1.165, 1.54) is 24.1 Å². The monoisotopic (exact) mass is 334 g/mol. The number of rotatable bonds is 3. The Labute approximate surface area is 141 Å². The summed E-state index contributed by atoms with van der Waals surface area (Å²) in [6, 6.07) is 16.5. The molecule has 0 N–H and O–H groups in total. The summed E-state index contributed by atoms with van der Waals surface area (Å²) >= 11 is 0. The lowest BCUT2D eigenvalue weighted by Gasteiger charge is -2.44. The molecular formula is C20H23F3N+. The van der Waals surface area contributed by atoms with Gasteiger partial charge in [-0.3, -0.25) is 4.48 Å². The van der Waals surface area contributed by atoms with Gasteiger partial charge in [0.2, 0.25) is 0 Å². The third-order valence-electron chi connectivity index (χ3n) is 5.31. The van der Waals surface area contributed by atoms with Gasteiger partial charge in [-0.2, -0.15) is 13.2 Å². The summed E-state index contributed by atoms with van der Waals surface area (Å²) in [4.78, 5) is 0. The Morgan fingerprint density at radius 3 is 2.25 bits per heavy atom. The van der Waals surface area contributed by atoms with E-state index in [-0.39, 0.29) is 0 Å². The van der Waals surface area contributed by atoms with Crippen LogP contribution in [-0.4, -0.2) is 19.6 Å². The van der Waals surface area contributed by atoms with Crippen LogP contribution in [0, 0.1) is 0 Å². The van der Waals surface area contributed by atoms with Crippen LogP contribution in [0.1, 0.15) is 30.4 Å². The van der Waals surface area contributed by atoms with Crippen molar-refractivity contribution < 1.29 is 13.2 Å². The third kappa shape index (κ3) is 3.48. The molecule has 1 heterocycles. The van der Waals surface area contributed by atoms with Gasteiger partial charge in [-0.1, -0.05) is 30.3 Å². The molecule has 2 aromatic carbocycles. The van der Waals surface area contributed by atoms with Gasteiger partial charge in [-0.25, -0.2) is 0 Å². The first-order chi connectivity index (χ1) is 11.4. The van der Waals surface area contributed by atoms with Crippen molar-refractivity contribution in [1.82, 2.24) is 4.48 Å². The van der Waals surface area contributed by atoms with Gasteiger partial charge in [0.1, 0.15) is 5.69 Å². The molecule has 1 aliphatic rings. The van der Waals surface area contributed by atoms with Crippen molar-refractivity contribution in [2.75, 3.05) is 13.6 Å². The second-order valence-electron chi connectivity index (χ2n) is 6.88. The Hall–Kier alpha value is -1.81. The standard InChI is InChI=1S/C20H23F3N/c1-24(18-12-10-17(11-13-18)20(21,22)23)14-6-5-9-19(24)15-16-7-3-2-4-8-16/h2-4,7-8,10-13,19H,5-6,9,14-15H2,1H3/q+1. The molecule has 0 aromatic heterocycles. The number of halogens is 3. The maximum Gasteiger partial charge on any atom is 0.416 e. The van der Waals surface area contributed by atoms with Gasteiger partial charge in [0.15, 0.2) is 0 Å². The molecule has 1 aliphatic heterocycles. The van der Waals surface area contributed by atoms with Crippen LogP contribution in [0.15, 0.2) is 54.6 Å². The quantitative estimate of drug-likeness (QED) is 0.656. The van der Waals surface area contributed by atoms with E-state index < -0.39 is 11.7 Å². The first-order valence-corrected chi connectivity index (χ1v) is 8.46. The minimum absolute atomic E-state index is 0.401. The molecule has 1 saturated heterocycles. The van der Waals surface area contributed by atoms with Crippen LogP contribution in [0.25, 0.3) is 0 Å². The molecule has 2 unspecified atom stereocenters. The van der Waals surface area contributed by atoms with Crippen molar-refractivity contribution in [3.8, 4) is 0 Å². The van der Waals surface area contributed by atoms with Crippen molar-refractivity contribution in [2.24, 2.45) is 0 Å². The lowest BCUT2D eigenvalue weighted by atomic mass is 9.92. The maximum absolute atomic E-state index is 12.8. The highest BCUT2D eigenvalue weighted by molar-refractivity contribution is 5.46. The van der Waals surface area contributed by atoms with Gasteiger partial charge in [-0.15, -0.1) is 0 Å². The highest BCUT2D eigenvalue weighted by Gasteiger charge is 2.38. The van der Waals surface area contributed by atoms with Crippen LogP contribution in [-0.2, 0) is 12.6 Å². The number of hydrogen-bond acceptors (Lipinski definition) is 0. The summed E-state index contributed by atoms with van der Waals surface area (Å²) in [5.41, 5.74) is 1.69. The lowest BCUT2D eigenvalue weighted by Crippen LogP contribution is -2.57. The Morgan fingerprint density at radius 2 is 1.62 bits per heavy atom. The van der Waals surface area contributed by atoms with Crippen molar-refractivity contribution >= 4 is 5.69 Å². The minimum atomic E-state index is -4.28. The molecule has 3 rings (SSSR count). The van der Waals surface area contributed by atoms with E-state index in [2.05, 4.69) is 19.2 Å². The molecule has 0 spiro atoms. The number of benzene rings is 2. The fraction of sp³-hybridized carbons (Fsp3) is 0.400. The van der Waals surface area contributed by atoms with Crippen molar-refractivity contribution in [2.45, 2.75) is 37.9 Å². The van der Waals surface area contributed by atoms with E-state index in [0.29, 0.717) is 10.5 Å². The first-order valence-electron chi connectivity index (χ1n) is 8.46. The minimum Gasteiger partial charge on any atom is -0.291 e. The number of hydrogen-bond donors (Lipinski definition) is 0. The SMILES string of the molecule is C[N+]1(c2ccc(C(F)(F)F)cc2)CCCCC1Cc1ccccc1. The molecule has 0 aliphatic carbocycles. The molecule has 0 bridgehead atoms. The molecule has 1 nitrogen and oxygen atoms in total. The van der Waals surface area contributed by atoms with Crippen molar-refractivity contribution in [3.05, 3.63) is 65.7 Å². The van der Waals surface area contributed by atoms with Crippen molar-refractivity contribution in [1.29, 1.82) is 0 Å². The zero-order chi connectivity index (χ0) is 17.2. The summed E-state index contributed by atoms with van der Waals surface area (Å²) in [6.07, 6.45) is 0.0853. The molecule has 2 aromatic rings. The number of likely N-dealkylation sites (N-methyl/N-ethyl adjacent to an activating group) is 1. The van der Waals surface area contributed by atoms with E-state index in [0.717, 1.165) is 31.5 Å². The Kier molecular flexibility index (Phi) is 4.68. The number of alkyl halides is 3. The average molecular weight is 334 g/mol.